The topological polar surface area (TPSA) is 87.3 Å². The van der Waals surface area contributed by atoms with E-state index in [1.165, 1.54) is 22.8 Å². The van der Waals surface area contributed by atoms with Crippen LogP contribution < -0.4 is 9.47 Å². The Hall–Kier alpha value is -2.98. The molecule has 4 rings (SSSR count). The first-order valence-corrected chi connectivity index (χ1v) is 12.3. The first kappa shape index (κ1) is 24.2. The van der Waals surface area contributed by atoms with Crippen molar-refractivity contribution >= 4 is 55.7 Å². The van der Waals surface area contributed by atoms with Gasteiger partial charge in [0.25, 0.3) is 5.91 Å². The number of thioether (sulfide) groups is 1. The number of amidine groups is 2. The van der Waals surface area contributed by atoms with Crippen LogP contribution in [-0.4, -0.2) is 33.6 Å². The Bertz CT molecular complexity index is 1240. The van der Waals surface area contributed by atoms with Crippen molar-refractivity contribution in [3.63, 3.8) is 0 Å². The third kappa shape index (κ3) is 5.07. The van der Waals surface area contributed by atoms with Crippen molar-refractivity contribution in [3.8, 4) is 11.5 Å². The van der Waals surface area contributed by atoms with Crippen molar-refractivity contribution in [2.45, 2.75) is 33.3 Å². The van der Waals surface area contributed by atoms with Gasteiger partial charge in [-0.2, -0.15) is 15.1 Å². The van der Waals surface area contributed by atoms with Gasteiger partial charge in [0, 0.05) is 5.56 Å². The number of carbonyl (C=O) groups is 1. The Balaban J connectivity index is 1.63. The van der Waals surface area contributed by atoms with Crippen molar-refractivity contribution in [3.05, 3.63) is 63.4 Å². The van der Waals surface area contributed by atoms with Gasteiger partial charge in [-0.3, -0.25) is 10.2 Å². The Labute approximate surface area is 209 Å². The molecule has 0 radical (unpaired) electrons. The molecule has 2 aromatic carbocycles. The maximum absolute atomic E-state index is 14.0. The molecular weight excluding hydrogens is 523 g/mol. The fourth-order valence-electron chi connectivity index (χ4n) is 3.35. The molecule has 176 valence electrons. The Kier molecular flexibility index (Phi) is 7.47. The first-order chi connectivity index (χ1) is 16.4. The van der Waals surface area contributed by atoms with E-state index in [-0.39, 0.29) is 23.8 Å². The number of aliphatic imine (C=N–C) groups is 1. The van der Waals surface area contributed by atoms with E-state index in [1.54, 1.807) is 36.4 Å². The molecule has 1 N–H and O–H groups in total. The van der Waals surface area contributed by atoms with E-state index in [2.05, 4.69) is 26.0 Å². The summed E-state index contributed by atoms with van der Waals surface area (Å²) in [6.45, 7) is 4.29. The largest absolute Gasteiger partial charge is 0.490 e. The minimum absolute atomic E-state index is 0.0249. The fourth-order valence-corrected chi connectivity index (χ4v) is 4.91. The van der Waals surface area contributed by atoms with Gasteiger partial charge in [0.15, 0.2) is 17.3 Å². The van der Waals surface area contributed by atoms with Crippen LogP contribution >= 0.6 is 27.7 Å². The van der Waals surface area contributed by atoms with E-state index < -0.39 is 5.91 Å². The summed E-state index contributed by atoms with van der Waals surface area (Å²) in [5.74, 6) is -0.0216. The predicted molar refractivity (Wildman–Crippen MR) is 136 cm³/mol. The van der Waals surface area contributed by atoms with E-state index in [0.29, 0.717) is 38.9 Å². The number of hydrazone groups is 1. The molecule has 7 nitrogen and oxygen atoms in total. The normalized spacial score (nSPS) is 16.5. The van der Waals surface area contributed by atoms with Crippen LogP contribution in [0.3, 0.4) is 0 Å². The average Bonchev–Trinajstić information content (AvgIpc) is 3.20. The Morgan fingerprint density at radius 2 is 2.03 bits per heavy atom. The van der Waals surface area contributed by atoms with Crippen molar-refractivity contribution in [1.82, 2.24) is 5.01 Å². The van der Waals surface area contributed by atoms with Gasteiger partial charge in [-0.05, 0) is 77.3 Å². The Morgan fingerprint density at radius 1 is 1.24 bits per heavy atom. The summed E-state index contributed by atoms with van der Waals surface area (Å²) in [6, 6.07) is 9.86. The smallest absolute Gasteiger partial charge is 0.283 e. The van der Waals surface area contributed by atoms with Gasteiger partial charge in [-0.25, -0.2) is 4.39 Å². The van der Waals surface area contributed by atoms with E-state index in [9.17, 15) is 9.18 Å². The van der Waals surface area contributed by atoms with E-state index >= 15 is 0 Å². The number of amides is 1. The van der Waals surface area contributed by atoms with Gasteiger partial charge < -0.3 is 9.47 Å². The molecular formula is C24H22BrFN4O3S. The van der Waals surface area contributed by atoms with Crippen LogP contribution in [0.1, 0.15) is 37.8 Å². The lowest BCUT2D eigenvalue weighted by atomic mass is 10.1. The number of nitrogens with zero attached hydrogens (tertiary/aromatic N) is 3. The fraction of sp³-hybridized carbons (Fsp3) is 0.250. The molecule has 0 fully saturated rings. The first-order valence-electron chi connectivity index (χ1n) is 10.7. The maximum atomic E-state index is 14.0. The number of benzene rings is 2. The van der Waals surface area contributed by atoms with Crippen LogP contribution in [0.25, 0.3) is 6.08 Å². The zero-order valence-corrected chi connectivity index (χ0v) is 21.0. The summed E-state index contributed by atoms with van der Waals surface area (Å²) >= 11 is 4.81. The molecule has 0 aromatic heterocycles. The number of rotatable bonds is 8. The van der Waals surface area contributed by atoms with Gasteiger partial charge in [-0.15, -0.1) is 0 Å². The summed E-state index contributed by atoms with van der Waals surface area (Å²) < 4.78 is 26.2. The molecule has 1 amide bonds. The van der Waals surface area contributed by atoms with Crippen molar-refractivity contribution < 1.29 is 18.7 Å². The lowest BCUT2D eigenvalue weighted by molar-refractivity contribution is -0.114. The summed E-state index contributed by atoms with van der Waals surface area (Å²) in [5, 5.41) is 15.6. The Morgan fingerprint density at radius 3 is 2.76 bits per heavy atom. The molecule has 0 unspecified atom stereocenters. The summed E-state index contributed by atoms with van der Waals surface area (Å²) in [6.07, 6.45) is 3.26. The highest BCUT2D eigenvalue weighted by Crippen LogP contribution is 2.39. The lowest BCUT2D eigenvalue weighted by Crippen LogP contribution is -2.35. The molecule has 34 heavy (non-hydrogen) atoms. The van der Waals surface area contributed by atoms with Gasteiger partial charge in [0.2, 0.25) is 5.17 Å². The van der Waals surface area contributed by atoms with Crippen molar-refractivity contribution in [1.29, 1.82) is 5.41 Å². The maximum Gasteiger partial charge on any atom is 0.283 e. The highest BCUT2D eigenvalue weighted by molar-refractivity contribution is 9.10. The highest BCUT2D eigenvalue weighted by atomic mass is 79.9. The van der Waals surface area contributed by atoms with Crippen molar-refractivity contribution in [2.75, 3.05) is 6.61 Å². The molecule has 0 aliphatic carbocycles. The van der Waals surface area contributed by atoms with Crippen LogP contribution in [0, 0.1) is 11.2 Å². The third-order valence-electron chi connectivity index (χ3n) is 4.93. The third-order valence-corrected chi connectivity index (χ3v) is 6.49. The van der Waals surface area contributed by atoms with Crippen LogP contribution in [0.4, 0.5) is 4.39 Å². The van der Waals surface area contributed by atoms with E-state index in [4.69, 9.17) is 14.9 Å². The molecule has 2 aliphatic heterocycles. The standard InChI is InChI=1S/C24H22BrFN4O3S/c1-3-7-20-29-30-22(27)16(23(31)28-24(30)34-20)10-14-11-17(25)21(19(12-14)32-4-2)33-13-15-8-5-6-9-18(15)26/h5-6,8-12,27H,3-4,7,13H2,1-2H3/b16-10-,27-22?. The highest BCUT2D eigenvalue weighted by Gasteiger charge is 2.35. The molecule has 2 heterocycles. The van der Waals surface area contributed by atoms with Gasteiger partial charge in [-0.1, -0.05) is 25.1 Å². The van der Waals surface area contributed by atoms with Crippen LogP contribution in [0.5, 0.6) is 11.5 Å². The molecule has 0 saturated carbocycles. The second-order valence-electron chi connectivity index (χ2n) is 7.41. The quantitative estimate of drug-likeness (QED) is 0.412. The number of ether oxygens (including phenoxy) is 2. The molecule has 10 heteroatoms. The number of carbonyl (C=O) groups excluding carboxylic acids is 1. The van der Waals surface area contributed by atoms with Crippen LogP contribution in [-0.2, 0) is 11.4 Å². The van der Waals surface area contributed by atoms with Gasteiger partial charge in [0.1, 0.15) is 17.5 Å². The number of fused-ring (bicyclic) bond motifs is 1. The van der Waals surface area contributed by atoms with Crippen LogP contribution in [0.15, 0.2) is 56.5 Å². The predicted octanol–water partition coefficient (Wildman–Crippen LogP) is 5.99. The molecule has 2 aliphatic rings. The minimum atomic E-state index is -0.495. The number of halogens is 2. The summed E-state index contributed by atoms with van der Waals surface area (Å²) in [4.78, 5) is 16.8. The zero-order chi connectivity index (χ0) is 24.2. The van der Waals surface area contributed by atoms with Gasteiger partial charge >= 0.3 is 0 Å². The average molecular weight is 545 g/mol. The summed E-state index contributed by atoms with van der Waals surface area (Å²) in [5.41, 5.74) is 1.16. The molecule has 0 spiro atoms. The second kappa shape index (κ2) is 10.5. The second-order valence-corrected chi connectivity index (χ2v) is 9.30. The minimum Gasteiger partial charge on any atom is -0.490 e. The molecule has 0 atom stereocenters. The van der Waals surface area contributed by atoms with Crippen LogP contribution in [0.2, 0.25) is 0 Å². The number of nitrogens with one attached hydrogen (secondary N) is 1. The lowest BCUT2D eigenvalue weighted by Gasteiger charge is -2.20. The summed E-state index contributed by atoms with van der Waals surface area (Å²) in [7, 11) is 0. The number of hydrogen-bond acceptors (Lipinski definition) is 6. The molecule has 0 saturated heterocycles. The van der Waals surface area contributed by atoms with E-state index in [0.717, 1.165) is 17.9 Å². The SMILES string of the molecule is CCCC1=NN2C(=N)/C(=C/c3cc(Br)c(OCc4ccccc4F)c(OCC)c3)C(=O)N=C2S1. The molecule has 0 bridgehead atoms. The number of hydrogen-bond donors (Lipinski definition) is 1. The van der Waals surface area contributed by atoms with Gasteiger partial charge in [0.05, 0.1) is 16.7 Å². The van der Waals surface area contributed by atoms with Crippen molar-refractivity contribution in [2.24, 2.45) is 10.1 Å². The molecule has 2 aromatic rings. The monoisotopic (exact) mass is 544 g/mol. The zero-order valence-electron chi connectivity index (χ0n) is 18.6. The van der Waals surface area contributed by atoms with E-state index in [1.807, 2.05) is 13.8 Å².